The lowest BCUT2D eigenvalue weighted by Crippen LogP contribution is -2.13. The second kappa shape index (κ2) is 6.49. The van der Waals surface area contributed by atoms with Crippen LogP contribution in [0.2, 0.25) is 5.02 Å². The number of anilines is 2. The van der Waals surface area contributed by atoms with E-state index in [-0.39, 0.29) is 11.6 Å². The molecule has 0 saturated carbocycles. The summed E-state index contributed by atoms with van der Waals surface area (Å²) < 4.78 is 39.8. The number of alkyl halides is 3. The van der Waals surface area contributed by atoms with Gasteiger partial charge in [0.1, 0.15) is 0 Å². The molecule has 0 saturated heterocycles. The van der Waals surface area contributed by atoms with Gasteiger partial charge < -0.3 is 5.32 Å². The predicted molar refractivity (Wildman–Crippen MR) is 87.2 cm³/mol. The highest BCUT2D eigenvalue weighted by molar-refractivity contribution is 6.33. The van der Waals surface area contributed by atoms with Crippen LogP contribution in [0.15, 0.2) is 60.7 Å². The van der Waals surface area contributed by atoms with Gasteiger partial charge in [0.25, 0.3) is 0 Å². The molecule has 0 aliphatic carbocycles. The van der Waals surface area contributed by atoms with Crippen molar-refractivity contribution in [2.75, 3.05) is 5.32 Å². The summed E-state index contributed by atoms with van der Waals surface area (Å²) in [7, 11) is 0. The Morgan fingerprint density at radius 2 is 1.42 bits per heavy atom. The summed E-state index contributed by atoms with van der Waals surface area (Å²) in [5.41, 5.74) is -0.0899. The van der Waals surface area contributed by atoms with Gasteiger partial charge in [0.15, 0.2) is 5.69 Å². The summed E-state index contributed by atoms with van der Waals surface area (Å²) in [6.45, 7) is 0. The number of benzene rings is 2. The van der Waals surface area contributed by atoms with E-state index in [9.17, 15) is 13.2 Å². The molecule has 1 aromatic heterocycles. The number of halogens is 4. The average Bonchev–Trinajstić information content (AvgIpc) is 2.57. The van der Waals surface area contributed by atoms with Gasteiger partial charge in [-0.05, 0) is 12.1 Å². The van der Waals surface area contributed by atoms with E-state index in [0.29, 0.717) is 11.3 Å². The van der Waals surface area contributed by atoms with Crippen LogP contribution in [-0.2, 0) is 6.18 Å². The third-order valence-corrected chi connectivity index (χ3v) is 3.55. The van der Waals surface area contributed by atoms with Crippen LogP contribution in [0.25, 0.3) is 11.3 Å². The maximum Gasteiger partial charge on any atom is 0.435 e. The van der Waals surface area contributed by atoms with E-state index in [4.69, 9.17) is 11.6 Å². The lowest BCUT2D eigenvalue weighted by molar-refractivity contribution is -0.141. The van der Waals surface area contributed by atoms with Crippen molar-refractivity contribution in [2.45, 2.75) is 6.18 Å². The lowest BCUT2D eigenvalue weighted by Gasteiger charge is -2.14. The minimum absolute atomic E-state index is 0.0259. The zero-order valence-electron chi connectivity index (χ0n) is 12.2. The molecule has 0 atom stereocenters. The number of hydrogen-bond acceptors (Lipinski definition) is 3. The van der Waals surface area contributed by atoms with Gasteiger partial charge in [0.2, 0.25) is 5.95 Å². The summed E-state index contributed by atoms with van der Waals surface area (Å²) in [6, 6.07) is 17.1. The van der Waals surface area contributed by atoms with Crippen LogP contribution in [0.4, 0.5) is 24.8 Å². The Morgan fingerprint density at radius 3 is 2.00 bits per heavy atom. The first-order valence-electron chi connectivity index (χ1n) is 6.97. The van der Waals surface area contributed by atoms with E-state index in [1.807, 2.05) is 0 Å². The van der Waals surface area contributed by atoms with Gasteiger partial charge in [-0.1, -0.05) is 60.1 Å². The molecular formula is C17H11ClF3N3. The summed E-state index contributed by atoms with van der Waals surface area (Å²) in [5, 5.41) is 2.25. The minimum Gasteiger partial charge on any atom is -0.324 e. The van der Waals surface area contributed by atoms with E-state index in [1.54, 1.807) is 60.7 Å². The summed E-state index contributed by atoms with van der Waals surface area (Å²) in [5.74, 6) is -0.170. The summed E-state index contributed by atoms with van der Waals surface area (Å²) >= 11 is 5.93. The van der Waals surface area contributed by atoms with E-state index in [2.05, 4.69) is 15.3 Å². The Bertz CT molecular complexity index is 837. The van der Waals surface area contributed by atoms with E-state index < -0.39 is 16.9 Å². The van der Waals surface area contributed by atoms with Gasteiger partial charge in [-0.2, -0.15) is 13.2 Å². The van der Waals surface area contributed by atoms with Crippen molar-refractivity contribution in [1.29, 1.82) is 0 Å². The van der Waals surface area contributed by atoms with Gasteiger partial charge in [-0.15, -0.1) is 0 Å². The topological polar surface area (TPSA) is 37.8 Å². The fourth-order valence-electron chi connectivity index (χ4n) is 2.13. The Kier molecular flexibility index (Phi) is 4.40. The number of nitrogens with one attached hydrogen (secondary N) is 1. The fourth-order valence-corrected chi connectivity index (χ4v) is 2.43. The zero-order chi connectivity index (χ0) is 17.2. The summed E-state index contributed by atoms with van der Waals surface area (Å²) in [4.78, 5) is 7.70. The van der Waals surface area contributed by atoms with Crippen molar-refractivity contribution in [1.82, 2.24) is 9.97 Å². The second-order valence-corrected chi connectivity index (χ2v) is 5.29. The van der Waals surface area contributed by atoms with Gasteiger partial charge in [-0.3, -0.25) is 0 Å². The second-order valence-electron chi connectivity index (χ2n) is 4.91. The van der Waals surface area contributed by atoms with Crippen LogP contribution < -0.4 is 5.32 Å². The standard InChI is InChI=1S/C17H11ClF3N3/c18-13-14(11-7-3-1-4-8-11)23-16(24-15(13)17(19,20)21)22-12-9-5-2-6-10-12/h1-10H,(H,22,23,24). The highest BCUT2D eigenvalue weighted by atomic mass is 35.5. The van der Waals surface area contributed by atoms with Crippen LogP contribution in [0, 0.1) is 0 Å². The lowest BCUT2D eigenvalue weighted by atomic mass is 10.1. The maximum atomic E-state index is 13.3. The van der Waals surface area contributed by atoms with Crippen molar-refractivity contribution >= 4 is 23.2 Å². The normalized spacial score (nSPS) is 11.3. The molecule has 1 heterocycles. The molecule has 0 unspecified atom stereocenters. The van der Waals surface area contributed by atoms with E-state index in [0.717, 1.165) is 0 Å². The number of nitrogens with zero attached hydrogens (tertiary/aromatic N) is 2. The third-order valence-electron chi connectivity index (χ3n) is 3.20. The van der Waals surface area contributed by atoms with E-state index >= 15 is 0 Å². The first-order chi connectivity index (χ1) is 11.4. The smallest absolute Gasteiger partial charge is 0.324 e. The Morgan fingerprint density at radius 1 is 0.833 bits per heavy atom. The molecule has 0 fully saturated rings. The van der Waals surface area contributed by atoms with Gasteiger partial charge >= 0.3 is 6.18 Å². The van der Waals surface area contributed by atoms with Crippen molar-refractivity contribution in [3.05, 3.63) is 71.4 Å². The van der Waals surface area contributed by atoms with Crippen molar-refractivity contribution in [3.63, 3.8) is 0 Å². The molecule has 0 bridgehead atoms. The monoisotopic (exact) mass is 349 g/mol. The molecule has 122 valence electrons. The quantitative estimate of drug-likeness (QED) is 0.672. The average molecular weight is 350 g/mol. The van der Waals surface area contributed by atoms with Crippen molar-refractivity contribution < 1.29 is 13.2 Å². The molecule has 7 heteroatoms. The fraction of sp³-hybridized carbons (Fsp3) is 0.0588. The van der Waals surface area contributed by atoms with Gasteiger partial charge in [0, 0.05) is 11.3 Å². The van der Waals surface area contributed by atoms with Gasteiger partial charge in [0.05, 0.1) is 10.7 Å². The highest BCUT2D eigenvalue weighted by Crippen LogP contribution is 2.38. The van der Waals surface area contributed by atoms with Crippen LogP contribution in [0.5, 0.6) is 0 Å². The van der Waals surface area contributed by atoms with Crippen molar-refractivity contribution in [2.24, 2.45) is 0 Å². The van der Waals surface area contributed by atoms with Crippen LogP contribution in [-0.4, -0.2) is 9.97 Å². The number of hydrogen-bond donors (Lipinski definition) is 1. The molecule has 3 aromatic rings. The molecular weight excluding hydrogens is 339 g/mol. The first kappa shape index (κ1) is 16.3. The van der Waals surface area contributed by atoms with Crippen molar-refractivity contribution in [3.8, 4) is 11.3 Å². The van der Waals surface area contributed by atoms with Crippen LogP contribution in [0.1, 0.15) is 5.69 Å². The Balaban J connectivity index is 2.13. The SMILES string of the molecule is FC(F)(F)c1nc(Nc2ccccc2)nc(-c2ccccc2)c1Cl. The molecule has 24 heavy (non-hydrogen) atoms. The van der Waals surface area contributed by atoms with E-state index in [1.165, 1.54) is 0 Å². The molecule has 0 spiro atoms. The minimum atomic E-state index is -4.68. The molecule has 3 rings (SSSR count). The molecule has 0 aliphatic heterocycles. The molecule has 0 radical (unpaired) electrons. The predicted octanol–water partition coefficient (Wildman–Crippen LogP) is 5.56. The molecule has 0 amide bonds. The maximum absolute atomic E-state index is 13.3. The number of para-hydroxylation sites is 1. The van der Waals surface area contributed by atoms with Gasteiger partial charge in [-0.25, -0.2) is 9.97 Å². The first-order valence-corrected chi connectivity index (χ1v) is 7.35. The molecule has 0 aliphatic rings. The summed E-state index contributed by atoms with van der Waals surface area (Å²) in [6.07, 6.45) is -4.68. The number of aromatic nitrogens is 2. The molecule has 2 aromatic carbocycles. The highest BCUT2D eigenvalue weighted by Gasteiger charge is 2.37. The molecule has 3 nitrogen and oxygen atoms in total. The van der Waals surface area contributed by atoms with Crippen LogP contribution >= 0.6 is 11.6 Å². The zero-order valence-corrected chi connectivity index (χ0v) is 12.9. The molecule has 1 N–H and O–H groups in total. The Hall–Kier alpha value is -2.60. The van der Waals surface area contributed by atoms with Crippen LogP contribution in [0.3, 0.4) is 0 Å². The third kappa shape index (κ3) is 3.49. The largest absolute Gasteiger partial charge is 0.435 e. The Labute approximate surface area is 141 Å². The number of rotatable bonds is 3.